The highest BCUT2D eigenvalue weighted by Crippen LogP contribution is 2.06. The maximum atomic E-state index is 11.7. The average molecular weight is 290 g/mol. The second-order valence-corrected chi connectivity index (χ2v) is 5.43. The molecule has 0 fully saturated rings. The molecule has 0 radical (unpaired) electrons. The number of aliphatic carboxylic acids is 1. The van der Waals surface area contributed by atoms with Crippen LogP contribution in [0.3, 0.4) is 0 Å². The van der Waals surface area contributed by atoms with Crippen molar-refractivity contribution in [2.75, 3.05) is 0 Å². The standard InChI is InChI=1S/C12H22N2O6/c1-6(13-11(19)20-12(3,4)5)9(16)14-8(7(2)15)10(17)18/h6-8,15H,1-5H3,(H,13,19)(H,14,16)(H,17,18)/t6-,7+,8-/m0/s1. The van der Waals surface area contributed by atoms with Crippen LogP contribution in [0.15, 0.2) is 0 Å². The summed E-state index contributed by atoms with van der Waals surface area (Å²) in [4.78, 5) is 34.0. The van der Waals surface area contributed by atoms with Crippen LogP contribution in [0, 0.1) is 0 Å². The van der Waals surface area contributed by atoms with E-state index in [4.69, 9.17) is 9.84 Å². The summed E-state index contributed by atoms with van der Waals surface area (Å²) < 4.78 is 4.96. The van der Waals surface area contributed by atoms with Gasteiger partial charge in [-0.3, -0.25) is 4.79 Å². The van der Waals surface area contributed by atoms with E-state index in [1.54, 1.807) is 20.8 Å². The van der Waals surface area contributed by atoms with Gasteiger partial charge >= 0.3 is 12.1 Å². The molecule has 8 heteroatoms. The molecule has 20 heavy (non-hydrogen) atoms. The van der Waals surface area contributed by atoms with Gasteiger partial charge in [0.2, 0.25) is 5.91 Å². The summed E-state index contributed by atoms with van der Waals surface area (Å²) in [7, 11) is 0. The van der Waals surface area contributed by atoms with E-state index in [-0.39, 0.29) is 0 Å². The van der Waals surface area contributed by atoms with E-state index >= 15 is 0 Å². The SMILES string of the molecule is C[C@H](NC(=O)OC(C)(C)C)C(=O)N[C@H](C(=O)O)[C@@H](C)O. The largest absolute Gasteiger partial charge is 0.480 e. The maximum absolute atomic E-state index is 11.7. The van der Waals surface area contributed by atoms with E-state index in [0.717, 1.165) is 0 Å². The topological polar surface area (TPSA) is 125 Å². The lowest BCUT2D eigenvalue weighted by Gasteiger charge is -2.23. The van der Waals surface area contributed by atoms with E-state index in [1.807, 2.05) is 0 Å². The van der Waals surface area contributed by atoms with Crippen LogP contribution in [0.5, 0.6) is 0 Å². The van der Waals surface area contributed by atoms with Crippen molar-refractivity contribution in [2.24, 2.45) is 0 Å². The number of aliphatic hydroxyl groups excluding tert-OH is 1. The minimum absolute atomic E-state index is 0.705. The third kappa shape index (κ3) is 6.93. The second-order valence-electron chi connectivity index (χ2n) is 5.43. The van der Waals surface area contributed by atoms with Gasteiger partial charge in [0.1, 0.15) is 11.6 Å². The molecule has 0 aliphatic heterocycles. The van der Waals surface area contributed by atoms with E-state index in [1.165, 1.54) is 13.8 Å². The molecule has 4 N–H and O–H groups in total. The first-order valence-electron chi connectivity index (χ1n) is 6.15. The molecule has 116 valence electrons. The fraction of sp³-hybridized carbons (Fsp3) is 0.750. The van der Waals surface area contributed by atoms with Crippen LogP contribution in [0.25, 0.3) is 0 Å². The molecule has 2 amide bonds. The van der Waals surface area contributed by atoms with Gasteiger partial charge in [-0.05, 0) is 34.6 Å². The van der Waals surface area contributed by atoms with Gasteiger partial charge < -0.3 is 25.6 Å². The Morgan fingerprint density at radius 2 is 1.60 bits per heavy atom. The quantitative estimate of drug-likeness (QED) is 0.558. The smallest absolute Gasteiger partial charge is 0.408 e. The average Bonchev–Trinajstić information content (AvgIpc) is 2.21. The van der Waals surface area contributed by atoms with E-state index in [2.05, 4.69) is 10.6 Å². The summed E-state index contributed by atoms with van der Waals surface area (Å²) in [6.45, 7) is 7.63. The summed E-state index contributed by atoms with van der Waals surface area (Å²) in [5.41, 5.74) is -0.705. The Labute approximate surface area is 117 Å². The van der Waals surface area contributed by atoms with Crippen molar-refractivity contribution < 1.29 is 29.3 Å². The van der Waals surface area contributed by atoms with Crippen LogP contribution in [0.4, 0.5) is 4.79 Å². The van der Waals surface area contributed by atoms with Crippen LogP contribution in [0.2, 0.25) is 0 Å². The van der Waals surface area contributed by atoms with Gasteiger partial charge in [0.25, 0.3) is 0 Å². The molecule has 0 unspecified atom stereocenters. The monoisotopic (exact) mass is 290 g/mol. The van der Waals surface area contributed by atoms with Crippen LogP contribution in [0.1, 0.15) is 34.6 Å². The fourth-order valence-electron chi connectivity index (χ4n) is 1.22. The lowest BCUT2D eigenvalue weighted by molar-refractivity contribution is -0.145. The molecule has 3 atom stereocenters. The zero-order chi connectivity index (χ0) is 16.1. The number of hydrogen-bond acceptors (Lipinski definition) is 5. The lowest BCUT2D eigenvalue weighted by Crippen LogP contribution is -2.54. The number of amides is 2. The first-order valence-corrected chi connectivity index (χ1v) is 6.15. The summed E-state index contributed by atoms with van der Waals surface area (Å²) in [6, 6.07) is -2.43. The number of alkyl carbamates (subject to hydrolysis) is 1. The molecule has 8 nitrogen and oxygen atoms in total. The molecule has 0 saturated heterocycles. The van der Waals surface area contributed by atoms with Crippen LogP contribution in [-0.2, 0) is 14.3 Å². The van der Waals surface area contributed by atoms with Crippen molar-refractivity contribution in [1.82, 2.24) is 10.6 Å². The van der Waals surface area contributed by atoms with Crippen molar-refractivity contribution in [1.29, 1.82) is 0 Å². The molecule has 0 saturated carbocycles. The zero-order valence-electron chi connectivity index (χ0n) is 12.3. The number of carboxylic acids is 1. The summed E-state index contributed by atoms with van der Waals surface area (Å²) in [6.07, 6.45) is -2.05. The summed E-state index contributed by atoms with van der Waals surface area (Å²) >= 11 is 0. The molecule has 0 spiro atoms. The first-order chi connectivity index (χ1) is 8.94. The highest BCUT2D eigenvalue weighted by molar-refractivity contribution is 5.89. The van der Waals surface area contributed by atoms with Gasteiger partial charge in [-0.1, -0.05) is 0 Å². The Morgan fingerprint density at radius 3 is 1.95 bits per heavy atom. The predicted molar refractivity (Wildman–Crippen MR) is 70.1 cm³/mol. The minimum Gasteiger partial charge on any atom is -0.480 e. The van der Waals surface area contributed by atoms with Crippen LogP contribution >= 0.6 is 0 Å². The van der Waals surface area contributed by atoms with Gasteiger partial charge in [-0.2, -0.15) is 0 Å². The Balaban J connectivity index is 4.48. The molecule has 0 bridgehead atoms. The Hall–Kier alpha value is -1.83. The van der Waals surface area contributed by atoms with Crippen molar-refractivity contribution in [3.63, 3.8) is 0 Å². The maximum Gasteiger partial charge on any atom is 0.408 e. The molecule has 0 aliphatic carbocycles. The number of carboxylic acid groups (broad SMARTS) is 1. The Bertz CT molecular complexity index is 375. The van der Waals surface area contributed by atoms with Crippen molar-refractivity contribution in [3.8, 4) is 0 Å². The number of carbonyl (C=O) groups excluding carboxylic acids is 2. The molecule has 0 rings (SSSR count). The molecular weight excluding hydrogens is 268 g/mol. The van der Waals surface area contributed by atoms with E-state index < -0.39 is 41.8 Å². The number of rotatable bonds is 5. The number of hydrogen-bond donors (Lipinski definition) is 4. The van der Waals surface area contributed by atoms with Crippen molar-refractivity contribution in [2.45, 2.75) is 58.4 Å². The highest BCUT2D eigenvalue weighted by Gasteiger charge is 2.28. The molecular formula is C12H22N2O6. The van der Waals surface area contributed by atoms with E-state index in [9.17, 15) is 19.5 Å². The van der Waals surface area contributed by atoms with Crippen LogP contribution in [-0.4, -0.2) is 52.0 Å². The molecule has 0 heterocycles. The fourth-order valence-corrected chi connectivity index (χ4v) is 1.22. The molecule has 0 aromatic rings. The lowest BCUT2D eigenvalue weighted by atomic mass is 10.1. The zero-order valence-corrected chi connectivity index (χ0v) is 12.3. The number of nitrogens with one attached hydrogen (secondary N) is 2. The van der Waals surface area contributed by atoms with Gasteiger partial charge in [0, 0.05) is 0 Å². The minimum atomic E-state index is -1.44. The number of aliphatic hydroxyl groups is 1. The van der Waals surface area contributed by atoms with Crippen molar-refractivity contribution in [3.05, 3.63) is 0 Å². The Kier molecular flexibility index (Phi) is 6.44. The highest BCUT2D eigenvalue weighted by atomic mass is 16.6. The molecule has 0 aromatic heterocycles. The van der Waals surface area contributed by atoms with Crippen molar-refractivity contribution >= 4 is 18.0 Å². The van der Waals surface area contributed by atoms with Gasteiger partial charge in [0.15, 0.2) is 6.04 Å². The molecule has 0 aromatic carbocycles. The normalized spacial score (nSPS) is 15.7. The summed E-state index contributed by atoms with van der Waals surface area (Å²) in [5.74, 6) is -2.10. The summed E-state index contributed by atoms with van der Waals surface area (Å²) in [5, 5.41) is 22.5. The molecule has 0 aliphatic rings. The van der Waals surface area contributed by atoms with Gasteiger partial charge in [-0.25, -0.2) is 9.59 Å². The number of carbonyl (C=O) groups is 3. The second kappa shape index (κ2) is 7.09. The Morgan fingerprint density at radius 1 is 1.10 bits per heavy atom. The van der Waals surface area contributed by atoms with Gasteiger partial charge in [0.05, 0.1) is 6.10 Å². The van der Waals surface area contributed by atoms with Crippen LogP contribution < -0.4 is 10.6 Å². The van der Waals surface area contributed by atoms with E-state index in [0.29, 0.717) is 0 Å². The van der Waals surface area contributed by atoms with Gasteiger partial charge in [-0.15, -0.1) is 0 Å². The third-order valence-corrected chi connectivity index (χ3v) is 2.17. The first kappa shape index (κ1) is 18.2. The third-order valence-electron chi connectivity index (χ3n) is 2.17. The number of ether oxygens (including phenoxy) is 1. The predicted octanol–water partition coefficient (Wildman–Crippen LogP) is -0.150.